The second-order valence-electron chi connectivity index (χ2n) is 8.29. The van der Waals surface area contributed by atoms with Crippen LogP contribution in [0.2, 0.25) is 0 Å². The average Bonchev–Trinajstić information content (AvgIpc) is 3.49. The number of methoxy groups -OCH3 is 2. The van der Waals surface area contributed by atoms with Crippen molar-refractivity contribution in [2.45, 2.75) is 57.4 Å². The lowest BCUT2D eigenvalue weighted by Gasteiger charge is -2.16. The van der Waals surface area contributed by atoms with Gasteiger partial charge in [0.1, 0.15) is 13.2 Å². The van der Waals surface area contributed by atoms with E-state index in [9.17, 15) is 0 Å². The summed E-state index contributed by atoms with van der Waals surface area (Å²) in [6, 6.07) is 21.4. The normalized spacial score (nSPS) is 20.2. The van der Waals surface area contributed by atoms with Gasteiger partial charge in [-0.2, -0.15) is 0 Å². The predicted octanol–water partition coefficient (Wildman–Crippen LogP) is 4.37. The van der Waals surface area contributed by atoms with Gasteiger partial charge in [-0.15, -0.1) is 0 Å². The van der Waals surface area contributed by atoms with E-state index in [1.165, 1.54) is 11.1 Å². The van der Waals surface area contributed by atoms with E-state index in [1.54, 1.807) is 14.2 Å². The third-order valence-electron chi connectivity index (χ3n) is 5.90. The third kappa shape index (κ3) is 9.22. The van der Waals surface area contributed by atoms with Crippen molar-refractivity contribution in [1.82, 2.24) is 0 Å². The van der Waals surface area contributed by atoms with Crippen LogP contribution in [0.25, 0.3) is 0 Å². The van der Waals surface area contributed by atoms with Gasteiger partial charge in [0.05, 0.1) is 24.3 Å². The number of ether oxygens (including phenoxy) is 4. The van der Waals surface area contributed by atoms with Crippen molar-refractivity contribution in [3.8, 4) is 0 Å². The highest BCUT2D eigenvalue weighted by atomic mass is 16.5. The van der Waals surface area contributed by atoms with Crippen LogP contribution in [0.1, 0.15) is 56.4 Å². The summed E-state index contributed by atoms with van der Waals surface area (Å²) < 4.78 is 21.3. The molecule has 2 aromatic carbocycles. The number of aliphatic imine (C=N–C) groups is 2. The van der Waals surface area contributed by atoms with Gasteiger partial charge in [0.15, 0.2) is 0 Å². The van der Waals surface area contributed by atoms with Crippen LogP contribution < -0.4 is 11.5 Å². The molecule has 2 heterocycles. The Morgan fingerprint density at radius 1 is 0.743 bits per heavy atom. The van der Waals surface area contributed by atoms with Crippen molar-refractivity contribution in [3.63, 3.8) is 0 Å². The highest BCUT2D eigenvalue weighted by Crippen LogP contribution is 2.25. The van der Waals surface area contributed by atoms with Crippen molar-refractivity contribution in [2.24, 2.45) is 21.5 Å². The molecule has 4 atom stereocenters. The zero-order valence-corrected chi connectivity index (χ0v) is 20.0. The van der Waals surface area contributed by atoms with Crippen LogP contribution in [0.15, 0.2) is 70.6 Å². The summed E-state index contributed by atoms with van der Waals surface area (Å²) in [5.41, 5.74) is 13.3. The highest BCUT2D eigenvalue weighted by Gasteiger charge is 2.20. The summed E-state index contributed by atoms with van der Waals surface area (Å²) in [5, 5.41) is 0. The summed E-state index contributed by atoms with van der Waals surface area (Å²) in [6.45, 7) is 1.19. The molecular weight excluding hydrogens is 444 g/mol. The number of hydrogen-bond donors (Lipinski definition) is 2. The Morgan fingerprint density at radius 2 is 1.11 bits per heavy atom. The molecule has 4 rings (SSSR count). The van der Waals surface area contributed by atoms with E-state index in [0.717, 1.165) is 25.7 Å². The molecule has 0 unspecified atom stereocenters. The molecule has 0 aromatic heterocycles. The third-order valence-corrected chi connectivity index (χ3v) is 5.90. The van der Waals surface area contributed by atoms with Gasteiger partial charge < -0.3 is 30.4 Å². The molecule has 0 bridgehead atoms. The van der Waals surface area contributed by atoms with Crippen molar-refractivity contribution in [2.75, 3.05) is 27.4 Å². The summed E-state index contributed by atoms with van der Waals surface area (Å²) >= 11 is 0. The molecule has 0 fully saturated rings. The first kappa shape index (κ1) is 28.1. The lowest BCUT2D eigenvalue weighted by molar-refractivity contribution is 0.0910. The molecule has 0 spiro atoms. The highest BCUT2D eigenvalue weighted by molar-refractivity contribution is 5.73. The maximum Gasteiger partial charge on any atom is 0.282 e. The maximum atomic E-state index is 5.50. The van der Waals surface area contributed by atoms with Crippen molar-refractivity contribution < 1.29 is 18.9 Å². The van der Waals surface area contributed by atoms with Gasteiger partial charge in [-0.05, 0) is 36.8 Å². The molecule has 2 aliphatic heterocycles. The number of amidine groups is 2. The van der Waals surface area contributed by atoms with Gasteiger partial charge >= 0.3 is 0 Å². The van der Waals surface area contributed by atoms with Crippen LogP contribution in [-0.2, 0) is 18.9 Å². The Morgan fingerprint density at radius 3 is 1.40 bits per heavy atom. The molecule has 8 heteroatoms. The number of nitrogens with zero attached hydrogens (tertiary/aromatic N) is 2. The molecule has 0 radical (unpaired) electrons. The topological polar surface area (TPSA) is 114 Å². The molecule has 35 heavy (non-hydrogen) atoms. The predicted molar refractivity (Wildman–Crippen MR) is 140 cm³/mol. The second-order valence-corrected chi connectivity index (χ2v) is 8.29. The Labute approximate surface area is 209 Å². The Balaban J connectivity index is 0.000000240. The van der Waals surface area contributed by atoms with Gasteiger partial charge in [0.25, 0.3) is 12.0 Å². The Bertz CT molecular complexity index is 832. The number of nitrogens with two attached hydrogens (primary N) is 2. The maximum absolute atomic E-state index is 5.50. The summed E-state index contributed by atoms with van der Waals surface area (Å²) in [5.74, 6) is 0. The van der Waals surface area contributed by atoms with Crippen molar-refractivity contribution in [1.29, 1.82) is 0 Å². The quantitative estimate of drug-likeness (QED) is 0.518. The molecule has 0 amide bonds. The molecule has 192 valence electrons. The summed E-state index contributed by atoms with van der Waals surface area (Å²) in [7, 11) is 3.47. The SMILES string of the molecule is C.CO[C@@H](CC[C@H]1COC(N)=N1)c1ccccc1.CO[C@H](CC[C@H]1COC(N)=N1)c1ccccc1. The van der Waals surface area contributed by atoms with Gasteiger partial charge in [-0.25, -0.2) is 9.98 Å². The van der Waals surface area contributed by atoms with Crippen LogP contribution >= 0.6 is 0 Å². The standard InChI is InChI=1S/2C13H18N2O2.CH4/c2*1-16-12(10-5-3-2-4-6-10)8-7-11-9-17-13(14)15-11;/h2*2-6,11-12H,7-9H2,1H3,(H2,14,15);1H4/t11-,12+;11-,12-;/m00./s1. The van der Waals surface area contributed by atoms with Crippen LogP contribution in [0, 0.1) is 0 Å². The summed E-state index contributed by atoms with van der Waals surface area (Å²) in [4.78, 5) is 8.41. The zero-order valence-electron chi connectivity index (χ0n) is 20.0. The number of rotatable bonds is 10. The number of benzene rings is 2. The lowest BCUT2D eigenvalue weighted by Crippen LogP contribution is -2.11. The van der Waals surface area contributed by atoms with E-state index in [4.69, 9.17) is 30.4 Å². The molecular formula is C27H40N4O4. The van der Waals surface area contributed by atoms with E-state index in [2.05, 4.69) is 34.3 Å². The van der Waals surface area contributed by atoms with Crippen molar-refractivity contribution in [3.05, 3.63) is 71.8 Å². The van der Waals surface area contributed by atoms with E-state index >= 15 is 0 Å². The zero-order chi connectivity index (χ0) is 24.2. The largest absolute Gasteiger partial charge is 0.463 e. The van der Waals surface area contributed by atoms with E-state index < -0.39 is 0 Å². The number of hydrogen-bond acceptors (Lipinski definition) is 8. The molecule has 2 aliphatic rings. The van der Waals surface area contributed by atoms with Crippen LogP contribution in [0.3, 0.4) is 0 Å². The van der Waals surface area contributed by atoms with Gasteiger partial charge in [-0.1, -0.05) is 68.1 Å². The molecule has 4 N–H and O–H groups in total. The van der Waals surface area contributed by atoms with Crippen LogP contribution in [0.5, 0.6) is 0 Å². The minimum atomic E-state index is 0. The van der Waals surface area contributed by atoms with Crippen molar-refractivity contribution >= 4 is 12.0 Å². The van der Waals surface area contributed by atoms with Crippen LogP contribution in [0.4, 0.5) is 0 Å². The lowest BCUT2D eigenvalue weighted by atomic mass is 10.0. The fourth-order valence-electron chi connectivity index (χ4n) is 4.03. The van der Waals surface area contributed by atoms with Gasteiger partial charge in [-0.3, -0.25) is 0 Å². The first-order valence-corrected chi connectivity index (χ1v) is 11.7. The summed E-state index contributed by atoms with van der Waals surface area (Å²) in [6.07, 6.45) is 3.93. The molecule has 0 aliphatic carbocycles. The molecule has 8 nitrogen and oxygen atoms in total. The molecule has 0 saturated heterocycles. The van der Waals surface area contributed by atoms with Gasteiger partial charge in [0.2, 0.25) is 0 Å². The monoisotopic (exact) mass is 484 g/mol. The second kappa shape index (κ2) is 15.0. The fraction of sp³-hybridized carbons (Fsp3) is 0.481. The molecule has 2 aromatic rings. The van der Waals surface area contributed by atoms with E-state index in [-0.39, 0.29) is 31.7 Å². The Hall–Kier alpha value is -3.10. The van der Waals surface area contributed by atoms with Gasteiger partial charge in [0, 0.05) is 14.2 Å². The van der Waals surface area contributed by atoms with Crippen LogP contribution in [-0.4, -0.2) is 51.6 Å². The van der Waals surface area contributed by atoms with E-state index in [0.29, 0.717) is 25.3 Å². The Kier molecular flexibility index (Phi) is 12.1. The average molecular weight is 485 g/mol. The smallest absolute Gasteiger partial charge is 0.282 e. The first-order valence-electron chi connectivity index (χ1n) is 11.7. The fourth-order valence-corrected chi connectivity index (χ4v) is 4.03. The van der Waals surface area contributed by atoms with E-state index in [1.807, 2.05) is 36.4 Å². The molecule has 0 saturated carbocycles. The first-order chi connectivity index (χ1) is 16.6. The minimum Gasteiger partial charge on any atom is -0.463 e. The minimum absolute atomic E-state index is 0.